The fourth-order valence-corrected chi connectivity index (χ4v) is 4.07. The number of nitrogens with one attached hydrogen (secondary N) is 1. The van der Waals surface area contributed by atoms with E-state index in [-0.39, 0.29) is 5.91 Å². The second kappa shape index (κ2) is 9.10. The lowest BCUT2D eigenvalue weighted by molar-refractivity contribution is 0.0953. The number of nitrogens with zero attached hydrogens (tertiary/aromatic N) is 5. The second-order valence-electron chi connectivity index (χ2n) is 7.63. The fourth-order valence-electron chi connectivity index (χ4n) is 4.07. The molecule has 2 aromatic rings. The van der Waals surface area contributed by atoms with E-state index in [1.54, 1.807) is 24.5 Å². The lowest BCUT2D eigenvalue weighted by Crippen LogP contribution is -2.32. The van der Waals surface area contributed by atoms with Crippen molar-refractivity contribution in [3.8, 4) is 0 Å². The van der Waals surface area contributed by atoms with Crippen LogP contribution >= 0.6 is 0 Å². The molecule has 1 N–H and O–H groups in total. The van der Waals surface area contributed by atoms with Gasteiger partial charge in [-0.15, -0.1) is 10.2 Å². The molecule has 0 saturated carbocycles. The number of amides is 1. The van der Waals surface area contributed by atoms with Gasteiger partial charge in [0.15, 0.2) is 0 Å². The van der Waals surface area contributed by atoms with Crippen molar-refractivity contribution in [3.63, 3.8) is 0 Å². The molecule has 7 heteroatoms. The summed E-state index contributed by atoms with van der Waals surface area (Å²) in [6.45, 7) is 4.75. The molecule has 0 spiro atoms. The summed E-state index contributed by atoms with van der Waals surface area (Å²) in [5, 5.41) is 11.7. The number of allylic oxidation sites excluding steroid dienone is 2. The molecular weight excluding hydrogens is 352 g/mol. The first-order chi connectivity index (χ1) is 13.8. The van der Waals surface area contributed by atoms with Crippen molar-refractivity contribution in [3.05, 3.63) is 53.9 Å². The van der Waals surface area contributed by atoms with Crippen molar-refractivity contribution >= 4 is 5.91 Å². The first-order valence-corrected chi connectivity index (χ1v) is 10.3. The lowest BCUT2D eigenvalue weighted by atomic mass is 9.94. The normalized spacial score (nSPS) is 19.8. The smallest absolute Gasteiger partial charge is 0.252 e. The minimum absolute atomic E-state index is 0.101. The van der Waals surface area contributed by atoms with Gasteiger partial charge in [0.25, 0.3) is 5.91 Å². The molecule has 148 valence electrons. The van der Waals surface area contributed by atoms with Crippen molar-refractivity contribution in [2.24, 2.45) is 5.92 Å². The van der Waals surface area contributed by atoms with Gasteiger partial charge < -0.3 is 14.8 Å². The van der Waals surface area contributed by atoms with Gasteiger partial charge in [-0.2, -0.15) is 0 Å². The van der Waals surface area contributed by atoms with Crippen molar-refractivity contribution in [2.75, 3.05) is 26.2 Å². The number of fused-ring (bicyclic) bond motifs is 1. The van der Waals surface area contributed by atoms with Gasteiger partial charge in [0.1, 0.15) is 11.6 Å². The Morgan fingerprint density at radius 3 is 3.00 bits per heavy atom. The van der Waals surface area contributed by atoms with Gasteiger partial charge in [-0.3, -0.25) is 9.78 Å². The molecular formula is C21H28N6O. The zero-order chi connectivity index (χ0) is 19.2. The van der Waals surface area contributed by atoms with Crippen LogP contribution in [0, 0.1) is 5.92 Å². The van der Waals surface area contributed by atoms with Gasteiger partial charge in [0, 0.05) is 58.0 Å². The molecule has 1 atom stereocenters. The third-order valence-electron chi connectivity index (χ3n) is 5.65. The van der Waals surface area contributed by atoms with Crippen LogP contribution in [-0.4, -0.2) is 56.7 Å². The van der Waals surface area contributed by atoms with E-state index in [1.165, 1.54) is 25.8 Å². The van der Waals surface area contributed by atoms with Crippen molar-refractivity contribution in [1.82, 2.24) is 30.0 Å². The molecule has 2 aromatic heterocycles. The van der Waals surface area contributed by atoms with Crippen molar-refractivity contribution in [1.29, 1.82) is 0 Å². The summed E-state index contributed by atoms with van der Waals surface area (Å²) in [7, 11) is 0. The molecule has 1 aliphatic heterocycles. The largest absolute Gasteiger partial charge is 0.352 e. The Morgan fingerprint density at radius 1 is 1.21 bits per heavy atom. The predicted molar refractivity (Wildman–Crippen MR) is 107 cm³/mol. The summed E-state index contributed by atoms with van der Waals surface area (Å²) in [5.41, 5.74) is 0.579. The standard InChI is InChI=1S/C21H28N6O/c28-21(18-7-4-10-22-15-18)23-11-8-19-24-25-20-9-12-26(13-14-27(19)20)16-17-5-2-1-3-6-17/h1-2,4,7,10,15,17H,3,5-6,8-9,11-14,16H2,(H,23,28)/t17-/m1/s1. The van der Waals surface area contributed by atoms with E-state index in [2.05, 4.69) is 42.1 Å². The van der Waals surface area contributed by atoms with E-state index in [9.17, 15) is 4.79 Å². The quantitative estimate of drug-likeness (QED) is 0.774. The Kier molecular flexibility index (Phi) is 6.11. The SMILES string of the molecule is O=C(NCCc1nnc2n1CCN(C[C@@H]1CC=CCC1)CC2)c1cccnc1. The van der Waals surface area contributed by atoms with Crippen molar-refractivity contribution < 1.29 is 4.79 Å². The summed E-state index contributed by atoms with van der Waals surface area (Å²) >= 11 is 0. The van der Waals surface area contributed by atoms with E-state index in [0.717, 1.165) is 43.6 Å². The highest BCUT2D eigenvalue weighted by molar-refractivity contribution is 5.93. The first-order valence-electron chi connectivity index (χ1n) is 10.3. The number of pyridine rings is 1. The predicted octanol–water partition coefficient (Wildman–Crippen LogP) is 1.86. The van der Waals surface area contributed by atoms with Crippen LogP contribution in [0.5, 0.6) is 0 Å². The zero-order valence-corrected chi connectivity index (χ0v) is 16.3. The molecule has 1 aliphatic carbocycles. The molecule has 0 bridgehead atoms. The number of carbonyl (C=O) groups is 1. The average molecular weight is 380 g/mol. The topological polar surface area (TPSA) is 75.9 Å². The van der Waals surface area contributed by atoms with Crippen LogP contribution in [0.4, 0.5) is 0 Å². The van der Waals surface area contributed by atoms with Crippen LogP contribution in [0.2, 0.25) is 0 Å². The first kappa shape index (κ1) is 18.8. The number of aromatic nitrogens is 4. The fraction of sp³-hybridized carbons (Fsp3) is 0.524. The number of rotatable bonds is 6. The van der Waals surface area contributed by atoms with Gasteiger partial charge in [0.05, 0.1) is 5.56 Å². The van der Waals surface area contributed by atoms with Crippen LogP contribution in [0.15, 0.2) is 36.7 Å². The minimum atomic E-state index is -0.101. The Bertz CT molecular complexity index is 816. The summed E-state index contributed by atoms with van der Waals surface area (Å²) < 4.78 is 2.25. The third kappa shape index (κ3) is 4.65. The maximum Gasteiger partial charge on any atom is 0.252 e. The van der Waals surface area contributed by atoms with Gasteiger partial charge in [-0.25, -0.2) is 0 Å². The van der Waals surface area contributed by atoms with E-state index < -0.39 is 0 Å². The third-order valence-corrected chi connectivity index (χ3v) is 5.65. The molecule has 7 nitrogen and oxygen atoms in total. The highest BCUT2D eigenvalue weighted by atomic mass is 16.1. The maximum absolute atomic E-state index is 12.1. The monoisotopic (exact) mass is 380 g/mol. The highest BCUT2D eigenvalue weighted by Gasteiger charge is 2.21. The van der Waals surface area contributed by atoms with Gasteiger partial charge >= 0.3 is 0 Å². The Balaban J connectivity index is 1.28. The van der Waals surface area contributed by atoms with Crippen LogP contribution in [0.25, 0.3) is 0 Å². The Labute approximate surface area is 165 Å². The molecule has 0 fully saturated rings. The summed E-state index contributed by atoms with van der Waals surface area (Å²) in [4.78, 5) is 18.7. The van der Waals surface area contributed by atoms with Crippen LogP contribution < -0.4 is 5.32 Å². The van der Waals surface area contributed by atoms with E-state index >= 15 is 0 Å². The van der Waals surface area contributed by atoms with Crippen LogP contribution in [-0.2, 0) is 19.4 Å². The van der Waals surface area contributed by atoms with Gasteiger partial charge in [0.2, 0.25) is 0 Å². The maximum atomic E-state index is 12.1. The van der Waals surface area contributed by atoms with Gasteiger partial charge in [-0.05, 0) is 37.3 Å². The number of carbonyl (C=O) groups excluding carboxylic acids is 1. The van der Waals surface area contributed by atoms with E-state index in [1.807, 2.05) is 0 Å². The summed E-state index contributed by atoms with van der Waals surface area (Å²) in [6, 6.07) is 3.53. The molecule has 0 radical (unpaired) electrons. The molecule has 2 aliphatic rings. The Morgan fingerprint density at radius 2 is 2.18 bits per heavy atom. The lowest BCUT2D eigenvalue weighted by Gasteiger charge is -2.26. The minimum Gasteiger partial charge on any atom is -0.352 e. The van der Waals surface area contributed by atoms with Crippen LogP contribution in [0.3, 0.4) is 0 Å². The van der Waals surface area contributed by atoms with Crippen LogP contribution in [0.1, 0.15) is 41.3 Å². The van der Waals surface area contributed by atoms with E-state index in [0.29, 0.717) is 18.5 Å². The summed E-state index contributed by atoms with van der Waals surface area (Å²) in [5.74, 6) is 2.72. The molecule has 0 aromatic carbocycles. The molecule has 4 rings (SSSR count). The summed E-state index contributed by atoms with van der Waals surface area (Å²) in [6.07, 6.45) is 13.2. The molecule has 0 unspecified atom stereocenters. The molecule has 3 heterocycles. The highest BCUT2D eigenvalue weighted by Crippen LogP contribution is 2.20. The average Bonchev–Trinajstić information content (AvgIpc) is 3.01. The van der Waals surface area contributed by atoms with Gasteiger partial charge in [-0.1, -0.05) is 12.2 Å². The van der Waals surface area contributed by atoms with Crippen molar-refractivity contribution in [2.45, 2.75) is 38.6 Å². The number of hydrogen-bond acceptors (Lipinski definition) is 5. The molecule has 0 saturated heterocycles. The van der Waals surface area contributed by atoms with E-state index in [4.69, 9.17) is 0 Å². The molecule has 1 amide bonds. The number of hydrogen-bond donors (Lipinski definition) is 1. The molecule has 28 heavy (non-hydrogen) atoms. The zero-order valence-electron chi connectivity index (χ0n) is 16.3. The Hall–Kier alpha value is -2.54. The second-order valence-corrected chi connectivity index (χ2v) is 7.63.